The second kappa shape index (κ2) is 25.0. The van der Waals surface area contributed by atoms with Gasteiger partial charge < -0.3 is 6.42 Å². The average Bonchev–Trinajstić information content (AvgIpc) is 2.76. The maximum Gasteiger partial charge on any atom is 0.0886 e. The van der Waals surface area contributed by atoms with E-state index in [2.05, 4.69) is 77.9 Å². The minimum atomic E-state index is 0. The average molecular weight is 832 g/mol. The molecule has 0 bridgehead atoms. The first-order valence-corrected chi connectivity index (χ1v) is 15.6. The Morgan fingerprint density at radius 1 is 0.613 bits per heavy atom. The van der Waals surface area contributed by atoms with E-state index in [9.17, 15) is 0 Å². The number of nitrogens with zero attached hydrogens (tertiary/aromatic N) is 4. The second-order valence-electron chi connectivity index (χ2n) is 6.40. The predicted octanol–water partition coefficient (Wildman–Crippen LogP) is 8.54. The number of benzene rings is 2. The summed E-state index contributed by atoms with van der Waals surface area (Å²) in [4.78, 5) is 16.5. The number of hydrogen-bond acceptors (Lipinski definition) is 4. The van der Waals surface area contributed by atoms with Crippen molar-refractivity contribution in [3.8, 4) is 0 Å². The van der Waals surface area contributed by atoms with Gasteiger partial charge in [0.25, 0.3) is 0 Å². The zero-order chi connectivity index (χ0) is 21.9. The minimum Gasteiger partial charge on any atom is -0.335 e. The van der Waals surface area contributed by atoms with E-state index in [0.717, 1.165) is 28.0 Å². The first-order valence-electron chi connectivity index (χ1n) is 9.28. The Kier molecular flexibility index (Phi) is 29.1. The van der Waals surface area contributed by atoms with E-state index in [0.29, 0.717) is 0 Å². The molecule has 0 aliphatic heterocycles. The molecule has 0 N–H and O–H groups in total. The topological polar surface area (TPSA) is 51.6 Å². The van der Waals surface area contributed by atoms with Gasteiger partial charge in [-0.2, -0.15) is 13.8 Å². The zero-order valence-electron chi connectivity index (χ0n) is 18.6. The summed E-state index contributed by atoms with van der Waals surface area (Å²) in [5, 5.41) is 0. The molecule has 0 amide bonds. The molecule has 0 saturated carbocycles. The van der Waals surface area contributed by atoms with E-state index < -0.39 is 0 Å². The Balaban J connectivity index is -0.000000354. The van der Waals surface area contributed by atoms with E-state index in [-0.39, 0.29) is 56.7 Å². The van der Waals surface area contributed by atoms with E-state index in [1.54, 1.807) is 24.8 Å². The van der Waals surface area contributed by atoms with E-state index in [4.69, 9.17) is 0 Å². The molecule has 0 aliphatic rings. The van der Waals surface area contributed by atoms with E-state index in [1.807, 2.05) is 68.8 Å². The molecule has 31 heavy (non-hydrogen) atoms. The van der Waals surface area contributed by atoms with Crippen LogP contribution < -0.4 is 0 Å². The van der Waals surface area contributed by atoms with Crippen molar-refractivity contribution >= 4 is 83.3 Å². The van der Waals surface area contributed by atoms with Crippen molar-refractivity contribution in [2.75, 3.05) is 0 Å². The van der Waals surface area contributed by atoms with Gasteiger partial charge in [-0.1, -0.05) is 45.0 Å². The van der Waals surface area contributed by atoms with Crippen molar-refractivity contribution in [1.29, 1.82) is 0 Å². The van der Waals surface area contributed by atoms with Crippen LogP contribution in [0.25, 0.3) is 22.1 Å². The molecule has 0 aliphatic carbocycles. The Labute approximate surface area is 252 Å². The van der Waals surface area contributed by atoms with Crippen LogP contribution in [0.5, 0.6) is 0 Å². The van der Waals surface area contributed by atoms with Gasteiger partial charge in [-0.15, -0.1) is 24.0 Å². The Morgan fingerprint density at radius 2 is 0.774 bits per heavy atom. The van der Waals surface area contributed by atoms with Gasteiger partial charge in [0.2, 0.25) is 0 Å². The first kappa shape index (κ1) is 36.0. The van der Waals surface area contributed by atoms with Crippen molar-refractivity contribution in [2.45, 2.75) is 34.6 Å². The quantitative estimate of drug-likeness (QED) is 0.132. The van der Waals surface area contributed by atoms with Crippen LogP contribution in [-0.2, 0) is 32.7 Å². The fraction of sp³-hybridized carbons (Fsp3) is 0.261. The number of fused-ring (bicyclic) bond motifs is 2. The minimum absolute atomic E-state index is 0. The fourth-order valence-corrected chi connectivity index (χ4v) is 1.82. The van der Waals surface area contributed by atoms with Crippen LogP contribution in [0.15, 0.2) is 73.3 Å². The van der Waals surface area contributed by atoms with Crippen molar-refractivity contribution < 1.29 is 32.7 Å². The summed E-state index contributed by atoms with van der Waals surface area (Å²) in [6, 6.07) is 15.6. The second-order valence-corrected chi connectivity index (χ2v) is 6.40. The van der Waals surface area contributed by atoms with Crippen LogP contribution in [-0.4, -0.2) is 19.9 Å². The normalized spacial score (nSPS) is 8.39. The monoisotopic (exact) mass is 832 g/mol. The molecule has 167 valence electrons. The number of aromatic nitrogens is 4. The molecule has 4 aromatic rings. The van der Waals surface area contributed by atoms with E-state index in [1.165, 1.54) is 0 Å². The summed E-state index contributed by atoms with van der Waals surface area (Å²) >= 11 is 4.24. The van der Waals surface area contributed by atoms with Crippen molar-refractivity contribution in [1.82, 2.24) is 19.9 Å². The maximum absolute atomic E-state index is 4.12. The zero-order valence-corrected chi connectivity index (χ0v) is 28.1. The number of rotatable bonds is 0. The molecule has 0 atom stereocenters. The molecule has 0 saturated heterocycles. The molecule has 2 aromatic heterocycles. The summed E-state index contributed by atoms with van der Waals surface area (Å²) in [6.07, 6.45) is 8.79. The third kappa shape index (κ3) is 18.5. The molecule has 4 nitrogen and oxygen atoms in total. The number of para-hydroxylation sites is 4. The molecular formula is C23H30I3N4Y-. The van der Waals surface area contributed by atoms with Crippen LogP contribution in [0.4, 0.5) is 0 Å². The third-order valence-electron chi connectivity index (χ3n) is 2.75. The van der Waals surface area contributed by atoms with Gasteiger partial charge in [-0.25, -0.2) is 0 Å². The first-order chi connectivity index (χ1) is 14.1. The van der Waals surface area contributed by atoms with Crippen LogP contribution in [0, 0.1) is 12.3 Å². The summed E-state index contributed by atoms with van der Waals surface area (Å²) < 4.78 is 0. The summed E-state index contributed by atoms with van der Waals surface area (Å²) in [6.45, 7) is 10.5. The van der Waals surface area contributed by atoms with Gasteiger partial charge in [0.05, 0.1) is 22.1 Å². The number of hydrogen-bond donors (Lipinski definition) is 0. The SMILES string of the molecule is CC(C)C.C[CH-]C.I.II.[Y].c1ccc2nccnc2c1.c1ccc2nccnc2c1. The van der Waals surface area contributed by atoms with Gasteiger partial charge in [0.1, 0.15) is 0 Å². The molecule has 0 unspecified atom stereocenters. The Bertz CT molecular complexity index is 706. The Hall–Kier alpha value is 0.414. The van der Waals surface area contributed by atoms with Gasteiger partial charge in [0.15, 0.2) is 0 Å². The summed E-state index contributed by atoms with van der Waals surface area (Å²) in [5.41, 5.74) is 3.80. The third-order valence-corrected chi connectivity index (χ3v) is 2.75. The molecular weight excluding hydrogens is 802 g/mol. The van der Waals surface area contributed by atoms with Gasteiger partial charge in [-0.05, 0) is 30.2 Å². The summed E-state index contributed by atoms with van der Waals surface area (Å²) in [5.74, 6) is 0.833. The summed E-state index contributed by atoms with van der Waals surface area (Å²) in [7, 11) is 0. The van der Waals surface area contributed by atoms with Crippen LogP contribution >= 0.6 is 61.2 Å². The van der Waals surface area contributed by atoms with Gasteiger partial charge >= 0.3 is 0 Å². The molecule has 2 heterocycles. The van der Waals surface area contributed by atoms with Crippen LogP contribution in [0.2, 0.25) is 0 Å². The molecule has 0 fully saturated rings. The Morgan fingerprint density at radius 3 is 0.935 bits per heavy atom. The molecule has 8 heteroatoms. The smallest absolute Gasteiger partial charge is 0.0886 e. The largest absolute Gasteiger partial charge is 0.335 e. The fourth-order valence-electron chi connectivity index (χ4n) is 1.82. The number of halogens is 3. The van der Waals surface area contributed by atoms with Crippen molar-refractivity contribution in [2.24, 2.45) is 5.92 Å². The predicted molar refractivity (Wildman–Crippen MR) is 159 cm³/mol. The van der Waals surface area contributed by atoms with E-state index >= 15 is 0 Å². The van der Waals surface area contributed by atoms with Crippen LogP contribution in [0.3, 0.4) is 0 Å². The molecule has 4 rings (SSSR count). The maximum atomic E-state index is 4.12. The van der Waals surface area contributed by atoms with Gasteiger partial charge in [-0.3, -0.25) is 19.9 Å². The standard InChI is InChI=1S/2C8H6N2.C4H10.C3H7.I2.HI.Y/c2*1-2-4-8-7(3-1)9-5-6-10-8;1-4(2)3;1-3-2;1-2;;/h2*1-6H;4H,1-3H3;3H,1-2H3;;1H;/q;;;-1;;;. The van der Waals surface area contributed by atoms with Crippen molar-refractivity contribution in [3.05, 3.63) is 79.7 Å². The van der Waals surface area contributed by atoms with Crippen molar-refractivity contribution in [3.63, 3.8) is 0 Å². The van der Waals surface area contributed by atoms with Crippen LogP contribution in [0.1, 0.15) is 34.6 Å². The molecule has 0 spiro atoms. The molecule has 1 radical (unpaired) electrons. The van der Waals surface area contributed by atoms with Gasteiger partial charge in [0, 0.05) is 94.7 Å². The molecule has 2 aromatic carbocycles.